The van der Waals surface area contributed by atoms with Crippen molar-refractivity contribution in [1.29, 1.82) is 0 Å². The molecule has 1 aromatic carbocycles. The summed E-state index contributed by atoms with van der Waals surface area (Å²) in [5, 5.41) is 0.311. The topological polar surface area (TPSA) is 81.4 Å². The van der Waals surface area contributed by atoms with Crippen LogP contribution in [-0.4, -0.2) is 22.1 Å². The molecule has 1 aromatic rings. The number of hydrogen-bond donors (Lipinski definition) is 2. The van der Waals surface area contributed by atoms with Crippen LogP contribution in [0.15, 0.2) is 17.0 Å². The van der Waals surface area contributed by atoms with Gasteiger partial charge in [-0.2, -0.15) is 0 Å². The molecule has 0 fully saturated rings. The van der Waals surface area contributed by atoms with Gasteiger partial charge in [-0.15, -0.1) is 0 Å². The van der Waals surface area contributed by atoms with Crippen LogP contribution in [0.2, 0.25) is 5.02 Å². The number of sulfonamides is 1. The summed E-state index contributed by atoms with van der Waals surface area (Å²) in [5.74, 6) is 0.442. The van der Waals surface area contributed by atoms with E-state index < -0.39 is 10.0 Å². The zero-order valence-electron chi connectivity index (χ0n) is 11.2. The van der Waals surface area contributed by atoms with Gasteiger partial charge < -0.3 is 10.5 Å². The minimum atomic E-state index is -3.67. The van der Waals surface area contributed by atoms with Gasteiger partial charge in [0.25, 0.3) is 0 Å². The third-order valence-corrected chi connectivity index (χ3v) is 4.14. The van der Waals surface area contributed by atoms with Gasteiger partial charge in [0, 0.05) is 23.7 Å². The van der Waals surface area contributed by atoms with E-state index in [2.05, 4.69) is 4.72 Å². The van der Waals surface area contributed by atoms with Gasteiger partial charge in [0.15, 0.2) is 0 Å². The number of nitrogens with two attached hydrogens (primary N) is 1. The van der Waals surface area contributed by atoms with Gasteiger partial charge in [-0.05, 0) is 18.1 Å². The molecule has 0 aliphatic heterocycles. The number of benzene rings is 1. The van der Waals surface area contributed by atoms with E-state index in [0.717, 1.165) is 0 Å². The molecule has 19 heavy (non-hydrogen) atoms. The van der Waals surface area contributed by atoms with Crippen LogP contribution in [0.5, 0.6) is 5.75 Å². The molecule has 0 atom stereocenters. The Labute approximate surface area is 119 Å². The van der Waals surface area contributed by atoms with E-state index in [1.807, 2.05) is 13.8 Å². The second-order valence-electron chi connectivity index (χ2n) is 4.55. The van der Waals surface area contributed by atoms with Crippen molar-refractivity contribution in [2.75, 3.05) is 13.7 Å². The van der Waals surface area contributed by atoms with Crippen LogP contribution in [0.3, 0.4) is 0 Å². The van der Waals surface area contributed by atoms with E-state index in [4.69, 9.17) is 22.1 Å². The summed E-state index contributed by atoms with van der Waals surface area (Å²) in [6.45, 7) is 4.33. The number of rotatable bonds is 6. The summed E-state index contributed by atoms with van der Waals surface area (Å²) in [4.78, 5) is 0.0172. The molecule has 3 N–H and O–H groups in total. The van der Waals surface area contributed by atoms with Crippen LogP contribution in [0.1, 0.15) is 19.4 Å². The molecular formula is C12H19ClN2O3S. The summed E-state index contributed by atoms with van der Waals surface area (Å²) < 4.78 is 32.2. The van der Waals surface area contributed by atoms with Gasteiger partial charge >= 0.3 is 0 Å². The molecular weight excluding hydrogens is 288 g/mol. The Morgan fingerprint density at radius 1 is 1.42 bits per heavy atom. The van der Waals surface area contributed by atoms with Crippen molar-refractivity contribution in [3.8, 4) is 5.75 Å². The van der Waals surface area contributed by atoms with Gasteiger partial charge in [-0.25, -0.2) is 13.1 Å². The zero-order chi connectivity index (χ0) is 14.6. The second-order valence-corrected chi connectivity index (χ2v) is 6.72. The predicted octanol–water partition coefficient (Wildman–Crippen LogP) is 1.74. The maximum Gasteiger partial charge on any atom is 0.244 e. The molecule has 0 radical (unpaired) electrons. The van der Waals surface area contributed by atoms with Gasteiger partial charge in [0.1, 0.15) is 10.6 Å². The van der Waals surface area contributed by atoms with Crippen LogP contribution < -0.4 is 15.2 Å². The van der Waals surface area contributed by atoms with Gasteiger partial charge in [-0.3, -0.25) is 0 Å². The number of halogens is 1. The lowest BCUT2D eigenvalue weighted by atomic mass is 10.2. The van der Waals surface area contributed by atoms with Crippen molar-refractivity contribution in [2.24, 2.45) is 11.7 Å². The minimum Gasteiger partial charge on any atom is -0.495 e. The van der Waals surface area contributed by atoms with Crippen molar-refractivity contribution in [3.05, 3.63) is 22.7 Å². The molecule has 0 amide bonds. The van der Waals surface area contributed by atoms with Crippen molar-refractivity contribution in [2.45, 2.75) is 25.3 Å². The molecule has 0 aliphatic carbocycles. The average molecular weight is 307 g/mol. The fourth-order valence-electron chi connectivity index (χ4n) is 1.56. The zero-order valence-corrected chi connectivity index (χ0v) is 12.8. The number of ether oxygens (including phenoxy) is 1. The molecule has 1 rings (SSSR count). The second kappa shape index (κ2) is 6.56. The smallest absolute Gasteiger partial charge is 0.244 e. The van der Waals surface area contributed by atoms with E-state index in [1.165, 1.54) is 13.2 Å². The van der Waals surface area contributed by atoms with Crippen molar-refractivity contribution >= 4 is 21.6 Å². The Morgan fingerprint density at radius 3 is 2.53 bits per heavy atom. The third kappa shape index (κ3) is 4.07. The normalized spacial score (nSPS) is 11.9. The number of nitrogens with one attached hydrogen (secondary N) is 1. The number of methoxy groups -OCH3 is 1. The Bertz CT molecular complexity index is 544. The quantitative estimate of drug-likeness (QED) is 0.839. The fraction of sp³-hybridized carbons (Fsp3) is 0.500. The lowest BCUT2D eigenvalue weighted by Crippen LogP contribution is -2.28. The highest BCUT2D eigenvalue weighted by molar-refractivity contribution is 7.89. The largest absolute Gasteiger partial charge is 0.495 e. The Balaban J connectivity index is 3.28. The molecule has 0 unspecified atom stereocenters. The van der Waals surface area contributed by atoms with E-state index in [-0.39, 0.29) is 23.1 Å². The van der Waals surface area contributed by atoms with Gasteiger partial charge in [0.2, 0.25) is 10.0 Å². The van der Waals surface area contributed by atoms with Crippen LogP contribution in [0, 0.1) is 5.92 Å². The van der Waals surface area contributed by atoms with Crippen LogP contribution >= 0.6 is 11.6 Å². The van der Waals surface area contributed by atoms with E-state index in [1.54, 1.807) is 6.07 Å². The molecule has 0 spiro atoms. The Morgan fingerprint density at radius 2 is 2.05 bits per heavy atom. The van der Waals surface area contributed by atoms with E-state index >= 15 is 0 Å². The Hall–Kier alpha value is -0.820. The third-order valence-electron chi connectivity index (χ3n) is 2.49. The van der Waals surface area contributed by atoms with E-state index in [0.29, 0.717) is 17.1 Å². The first-order valence-electron chi connectivity index (χ1n) is 5.88. The van der Waals surface area contributed by atoms with E-state index in [9.17, 15) is 8.42 Å². The molecule has 0 heterocycles. The summed E-state index contributed by atoms with van der Waals surface area (Å²) in [7, 11) is -2.26. The van der Waals surface area contributed by atoms with Crippen LogP contribution in [-0.2, 0) is 16.6 Å². The molecule has 0 aromatic heterocycles. The molecule has 0 saturated heterocycles. The summed E-state index contributed by atoms with van der Waals surface area (Å²) in [5.41, 5.74) is 6.13. The SMILES string of the molecule is COc1c(CN)cc(Cl)cc1S(=O)(=O)NCC(C)C. The fourth-order valence-corrected chi connectivity index (χ4v) is 3.31. The van der Waals surface area contributed by atoms with Crippen LogP contribution in [0.4, 0.5) is 0 Å². The van der Waals surface area contributed by atoms with Crippen LogP contribution in [0.25, 0.3) is 0 Å². The molecule has 0 saturated carbocycles. The molecule has 108 valence electrons. The summed E-state index contributed by atoms with van der Waals surface area (Å²) >= 11 is 5.92. The molecule has 0 aliphatic rings. The predicted molar refractivity (Wildman–Crippen MR) is 75.9 cm³/mol. The average Bonchev–Trinajstić information content (AvgIpc) is 2.35. The van der Waals surface area contributed by atoms with Crippen molar-refractivity contribution < 1.29 is 13.2 Å². The minimum absolute atomic E-state index is 0.0172. The summed E-state index contributed by atoms with van der Waals surface area (Å²) in [6.07, 6.45) is 0. The maximum atomic E-state index is 12.2. The highest BCUT2D eigenvalue weighted by Crippen LogP contribution is 2.31. The van der Waals surface area contributed by atoms with Gasteiger partial charge in [-0.1, -0.05) is 25.4 Å². The summed E-state index contributed by atoms with van der Waals surface area (Å²) in [6, 6.07) is 2.96. The standard InChI is InChI=1S/C12H19ClN2O3S/c1-8(2)7-15-19(16,17)11-5-10(13)4-9(6-14)12(11)18-3/h4-5,8,15H,6-7,14H2,1-3H3. The lowest BCUT2D eigenvalue weighted by Gasteiger charge is -2.15. The monoisotopic (exact) mass is 306 g/mol. The highest BCUT2D eigenvalue weighted by atomic mass is 35.5. The lowest BCUT2D eigenvalue weighted by molar-refractivity contribution is 0.397. The molecule has 0 bridgehead atoms. The van der Waals surface area contributed by atoms with Gasteiger partial charge in [0.05, 0.1) is 7.11 Å². The first-order chi connectivity index (χ1) is 8.81. The maximum absolute atomic E-state index is 12.2. The first kappa shape index (κ1) is 16.2. The highest BCUT2D eigenvalue weighted by Gasteiger charge is 2.22. The first-order valence-corrected chi connectivity index (χ1v) is 7.74. The van der Waals surface area contributed by atoms with Crippen molar-refractivity contribution in [1.82, 2.24) is 4.72 Å². The molecule has 5 nitrogen and oxygen atoms in total. The number of hydrogen-bond acceptors (Lipinski definition) is 4. The molecule has 7 heteroatoms. The Kier molecular flexibility index (Phi) is 5.61. The van der Waals surface area contributed by atoms with Crippen molar-refractivity contribution in [3.63, 3.8) is 0 Å².